The zero-order valence-electron chi connectivity index (χ0n) is 14.3. The van der Waals surface area contributed by atoms with Gasteiger partial charge in [-0.25, -0.2) is 4.79 Å². The summed E-state index contributed by atoms with van der Waals surface area (Å²) in [7, 11) is 2.91. The number of rotatable bonds is 5. The minimum absolute atomic E-state index is 0.169. The molecule has 0 aliphatic heterocycles. The van der Waals surface area contributed by atoms with E-state index in [0.29, 0.717) is 17.0 Å². The zero-order valence-corrected chi connectivity index (χ0v) is 14.3. The van der Waals surface area contributed by atoms with Crippen LogP contribution in [0.5, 0.6) is 5.75 Å². The lowest BCUT2D eigenvalue weighted by Crippen LogP contribution is -2.35. The first-order valence-electron chi connectivity index (χ1n) is 7.53. The molecule has 2 rings (SSSR count). The van der Waals surface area contributed by atoms with Gasteiger partial charge in [0, 0.05) is 11.3 Å². The summed E-state index contributed by atoms with van der Waals surface area (Å²) in [5.41, 5.74) is 1.06. The summed E-state index contributed by atoms with van der Waals surface area (Å²) < 4.78 is 10.0. The van der Waals surface area contributed by atoms with Gasteiger partial charge in [0.05, 0.1) is 25.2 Å². The summed E-state index contributed by atoms with van der Waals surface area (Å²) in [5.74, 6) is 0.0822. The second-order valence-corrected chi connectivity index (χ2v) is 5.85. The molecule has 2 aromatic rings. The molecule has 5 nitrogen and oxygen atoms in total. The highest BCUT2D eigenvalue weighted by Gasteiger charge is 2.32. The van der Waals surface area contributed by atoms with Crippen molar-refractivity contribution in [2.75, 3.05) is 19.5 Å². The number of para-hydroxylation sites is 1. The molecule has 126 valence electrons. The van der Waals surface area contributed by atoms with E-state index in [9.17, 15) is 9.59 Å². The van der Waals surface area contributed by atoms with Gasteiger partial charge in [0.2, 0.25) is 5.91 Å². The predicted octanol–water partition coefficient (Wildman–Crippen LogP) is 3.40. The van der Waals surface area contributed by atoms with E-state index in [4.69, 9.17) is 4.74 Å². The van der Waals surface area contributed by atoms with Crippen molar-refractivity contribution in [2.45, 2.75) is 19.3 Å². The maximum absolute atomic E-state index is 12.7. The van der Waals surface area contributed by atoms with Gasteiger partial charge in [-0.2, -0.15) is 0 Å². The Morgan fingerprint density at radius 3 is 2.17 bits per heavy atom. The Labute approximate surface area is 141 Å². The molecule has 2 aromatic carbocycles. The third-order valence-corrected chi connectivity index (χ3v) is 3.91. The lowest BCUT2D eigenvalue weighted by Gasteiger charge is -2.26. The fourth-order valence-corrected chi connectivity index (χ4v) is 2.38. The van der Waals surface area contributed by atoms with Crippen LogP contribution in [-0.4, -0.2) is 26.1 Å². The molecule has 0 saturated heterocycles. The van der Waals surface area contributed by atoms with Crippen LogP contribution in [0.1, 0.15) is 29.8 Å². The molecule has 0 aliphatic rings. The Kier molecular flexibility index (Phi) is 5.24. The Morgan fingerprint density at radius 1 is 0.958 bits per heavy atom. The van der Waals surface area contributed by atoms with Gasteiger partial charge in [-0.1, -0.05) is 18.2 Å². The highest BCUT2D eigenvalue weighted by Crippen LogP contribution is 2.32. The molecular formula is C19H21NO4. The molecular weight excluding hydrogens is 306 g/mol. The number of hydrogen-bond acceptors (Lipinski definition) is 4. The van der Waals surface area contributed by atoms with E-state index in [0.717, 1.165) is 5.56 Å². The molecule has 0 aliphatic carbocycles. The maximum atomic E-state index is 12.7. The Hall–Kier alpha value is -2.82. The van der Waals surface area contributed by atoms with E-state index in [2.05, 4.69) is 10.1 Å². The smallest absolute Gasteiger partial charge is 0.337 e. The number of carbonyl (C=O) groups excluding carboxylic acids is 2. The number of esters is 1. The number of ether oxygens (including phenoxy) is 2. The molecule has 5 heteroatoms. The SMILES string of the molecule is COC(=O)c1ccc(NC(=O)C(C)(C)c2ccccc2OC)cc1. The molecule has 1 N–H and O–H groups in total. The quantitative estimate of drug-likeness (QED) is 0.855. The van der Waals surface area contributed by atoms with Crippen LogP contribution >= 0.6 is 0 Å². The number of methoxy groups -OCH3 is 2. The fourth-order valence-electron chi connectivity index (χ4n) is 2.38. The summed E-state index contributed by atoms with van der Waals surface area (Å²) >= 11 is 0. The van der Waals surface area contributed by atoms with E-state index in [1.165, 1.54) is 7.11 Å². The second kappa shape index (κ2) is 7.17. The summed E-state index contributed by atoms with van der Waals surface area (Å²) in [4.78, 5) is 24.2. The maximum Gasteiger partial charge on any atom is 0.337 e. The molecule has 0 radical (unpaired) electrons. The third kappa shape index (κ3) is 3.56. The van der Waals surface area contributed by atoms with E-state index < -0.39 is 11.4 Å². The summed E-state index contributed by atoms with van der Waals surface area (Å²) in [6.07, 6.45) is 0. The van der Waals surface area contributed by atoms with Gasteiger partial charge >= 0.3 is 5.97 Å². The highest BCUT2D eigenvalue weighted by molar-refractivity contribution is 5.99. The lowest BCUT2D eigenvalue weighted by atomic mass is 9.83. The Bertz CT molecular complexity index is 735. The van der Waals surface area contributed by atoms with Crippen LogP contribution in [0.2, 0.25) is 0 Å². The average Bonchev–Trinajstić information content (AvgIpc) is 2.61. The van der Waals surface area contributed by atoms with Crippen LogP contribution in [0.25, 0.3) is 0 Å². The number of amides is 1. The molecule has 0 atom stereocenters. The first kappa shape index (κ1) is 17.5. The minimum atomic E-state index is -0.784. The van der Waals surface area contributed by atoms with Gasteiger partial charge in [-0.15, -0.1) is 0 Å². The number of nitrogens with one attached hydrogen (secondary N) is 1. The number of carbonyl (C=O) groups is 2. The van der Waals surface area contributed by atoms with Gasteiger partial charge in [0.15, 0.2) is 0 Å². The monoisotopic (exact) mass is 327 g/mol. The third-order valence-electron chi connectivity index (χ3n) is 3.91. The van der Waals surface area contributed by atoms with Crippen LogP contribution < -0.4 is 10.1 Å². The molecule has 0 heterocycles. The van der Waals surface area contributed by atoms with Crippen molar-refractivity contribution in [2.24, 2.45) is 0 Å². The normalized spacial score (nSPS) is 10.8. The highest BCUT2D eigenvalue weighted by atomic mass is 16.5. The molecule has 0 unspecified atom stereocenters. The minimum Gasteiger partial charge on any atom is -0.496 e. The van der Waals surface area contributed by atoms with Gasteiger partial charge < -0.3 is 14.8 Å². The van der Waals surface area contributed by atoms with Crippen molar-refractivity contribution in [3.8, 4) is 5.75 Å². The van der Waals surface area contributed by atoms with Crippen molar-refractivity contribution in [3.63, 3.8) is 0 Å². The van der Waals surface area contributed by atoms with Gasteiger partial charge in [0.25, 0.3) is 0 Å². The van der Waals surface area contributed by atoms with Crippen molar-refractivity contribution in [1.82, 2.24) is 0 Å². The number of hydrogen-bond donors (Lipinski definition) is 1. The topological polar surface area (TPSA) is 64.6 Å². The van der Waals surface area contributed by atoms with Crippen LogP contribution in [0.15, 0.2) is 48.5 Å². The largest absolute Gasteiger partial charge is 0.496 e. The number of benzene rings is 2. The molecule has 0 bridgehead atoms. The van der Waals surface area contributed by atoms with Crippen LogP contribution in [0.3, 0.4) is 0 Å². The van der Waals surface area contributed by atoms with Crippen LogP contribution in [0, 0.1) is 0 Å². The van der Waals surface area contributed by atoms with Crippen molar-refractivity contribution in [1.29, 1.82) is 0 Å². The van der Waals surface area contributed by atoms with Crippen molar-refractivity contribution >= 4 is 17.6 Å². The zero-order chi connectivity index (χ0) is 17.7. The fraction of sp³-hybridized carbons (Fsp3) is 0.263. The summed E-state index contributed by atoms with van der Waals surface area (Å²) in [6.45, 7) is 3.67. The van der Waals surface area contributed by atoms with Gasteiger partial charge in [-0.05, 0) is 44.2 Å². The van der Waals surface area contributed by atoms with Gasteiger partial charge in [0.1, 0.15) is 5.75 Å². The van der Waals surface area contributed by atoms with Crippen LogP contribution in [-0.2, 0) is 14.9 Å². The van der Waals surface area contributed by atoms with E-state index in [1.54, 1.807) is 31.4 Å². The lowest BCUT2D eigenvalue weighted by molar-refractivity contribution is -0.120. The van der Waals surface area contributed by atoms with Crippen molar-refractivity contribution < 1.29 is 19.1 Å². The summed E-state index contributed by atoms with van der Waals surface area (Å²) in [6, 6.07) is 14.0. The van der Waals surface area contributed by atoms with E-state index in [-0.39, 0.29) is 5.91 Å². The van der Waals surface area contributed by atoms with Crippen molar-refractivity contribution in [3.05, 3.63) is 59.7 Å². The molecule has 0 fully saturated rings. The predicted molar refractivity (Wildman–Crippen MR) is 92.4 cm³/mol. The second-order valence-electron chi connectivity index (χ2n) is 5.85. The molecule has 24 heavy (non-hydrogen) atoms. The molecule has 1 amide bonds. The van der Waals surface area contributed by atoms with E-state index >= 15 is 0 Å². The Balaban J connectivity index is 2.20. The standard InChI is InChI=1S/C19H21NO4/c1-19(2,15-7-5-6-8-16(15)23-3)18(22)20-14-11-9-13(10-12-14)17(21)24-4/h5-12H,1-4H3,(H,20,22). The molecule has 0 saturated carbocycles. The summed E-state index contributed by atoms with van der Waals surface area (Å²) in [5, 5.41) is 2.87. The molecule has 0 spiro atoms. The first-order chi connectivity index (χ1) is 11.4. The van der Waals surface area contributed by atoms with Crippen LogP contribution in [0.4, 0.5) is 5.69 Å². The Morgan fingerprint density at radius 2 is 1.58 bits per heavy atom. The molecule has 0 aromatic heterocycles. The van der Waals surface area contributed by atoms with E-state index in [1.807, 2.05) is 38.1 Å². The van der Waals surface area contributed by atoms with Gasteiger partial charge in [-0.3, -0.25) is 4.79 Å². The average molecular weight is 327 g/mol. The first-order valence-corrected chi connectivity index (χ1v) is 7.53. The number of anilines is 1.